The van der Waals surface area contributed by atoms with Crippen LogP contribution in [0.5, 0.6) is 0 Å². The van der Waals surface area contributed by atoms with E-state index in [4.69, 9.17) is 9.47 Å². The van der Waals surface area contributed by atoms with Crippen molar-refractivity contribution in [3.05, 3.63) is 35.9 Å². The summed E-state index contributed by atoms with van der Waals surface area (Å²) in [5.41, 5.74) is 1.33. The molecule has 0 amide bonds. The Morgan fingerprint density at radius 2 is 1.83 bits per heavy atom. The number of nitrogens with zero attached hydrogens (tertiary/aromatic N) is 1. The highest BCUT2D eigenvalue weighted by Crippen LogP contribution is 2.00. The van der Waals surface area contributed by atoms with E-state index in [1.807, 2.05) is 6.07 Å². The van der Waals surface area contributed by atoms with Crippen LogP contribution in [-0.4, -0.2) is 52.5 Å². The fourth-order valence-electron chi connectivity index (χ4n) is 2.06. The fourth-order valence-corrected chi connectivity index (χ4v) is 2.06. The van der Waals surface area contributed by atoms with Gasteiger partial charge in [-0.25, -0.2) is 0 Å². The van der Waals surface area contributed by atoms with Crippen LogP contribution < -0.4 is 10.6 Å². The molecule has 24 heavy (non-hydrogen) atoms. The van der Waals surface area contributed by atoms with Crippen LogP contribution >= 0.6 is 24.0 Å². The van der Waals surface area contributed by atoms with Crippen molar-refractivity contribution in [1.82, 2.24) is 10.6 Å². The molecule has 1 rings (SSSR count). The van der Waals surface area contributed by atoms with Gasteiger partial charge in [0.2, 0.25) is 0 Å². The lowest BCUT2D eigenvalue weighted by Gasteiger charge is -2.10. The molecule has 1 aromatic rings. The van der Waals surface area contributed by atoms with Crippen LogP contribution in [0.25, 0.3) is 0 Å². The highest BCUT2D eigenvalue weighted by Gasteiger charge is 1.96. The molecule has 5 nitrogen and oxygen atoms in total. The van der Waals surface area contributed by atoms with Crippen LogP contribution in [0.1, 0.15) is 25.3 Å². The van der Waals surface area contributed by atoms with Crippen molar-refractivity contribution in [3.8, 4) is 0 Å². The van der Waals surface area contributed by atoms with E-state index in [9.17, 15) is 0 Å². The molecule has 1 aromatic carbocycles. The lowest BCUT2D eigenvalue weighted by atomic mass is 10.2. The Morgan fingerprint density at radius 3 is 2.54 bits per heavy atom. The molecule has 6 heteroatoms. The minimum Gasteiger partial charge on any atom is -0.383 e. The van der Waals surface area contributed by atoms with Crippen molar-refractivity contribution in [1.29, 1.82) is 0 Å². The van der Waals surface area contributed by atoms with Crippen LogP contribution in [0.2, 0.25) is 0 Å². The molecule has 0 fully saturated rings. The van der Waals surface area contributed by atoms with Crippen molar-refractivity contribution in [3.63, 3.8) is 0 Å². The molecule has 2 N–H and O–H groups in total. The summed E-state index contributed by atoms with van der Waals surface area (Å²) in [7, 11) is 1.70. The van der Waals surface area contributed by atoms with Gasteiger partial charge in [-0.05, 0) is 31.7 Å². The largest absolute Gasteiger partial charge is 0.383 e. The van der Waals surface area contributed by atoms with Crippen molar-refractivity contribution in [2.75, 3.05) is 46.6 Å². The molecular weight excluding hydrogens is 417 g/mol. The summed E-state index contributed by atoms with van der Waals surface area (Å²) in [4.78, 5) is 4.53. The topological polar surface area (TPSA) is 54.9 Å². The molecule has 0 spiro atoms. The lowest BCUT2D eigenvalue weighted by Crippen LogP contribution is -2.39. The van der Waals surface area contributed by atoms with Crippen LogP contribution in [-0.2, 0) is 15.9 Å². The standard InChI is InChI=1S/C18H31N3O2.HI/c1-3-19-18(21-13-16-22-2)20-12-7-8-14-23-15-11-17-9-5-4-6-10-17;/h4-6,9-10H,3,7-8,11-16H2,1-2H3,(H2,19,20,21);1H. The summed E-state index contributed by atoms with van der Waals surface area (Å²) < 4.78 is 10.7. The monoisotopic (exact) mass is 449 g/mol. The zero-order valence-corrected chi connectivity index (χ0v) is 17.3. The predicted molar refractivity (Wildman–Crippen MR) is 111 cm³/mol. The average Bonchev–Trinajstić information content (AvgIpc) is 2.58. The molecule has 0 atom stereocenters. The number of aliphatic imine (C=N–C) groups is 1. The van der Waals surface area contributed by atoms with Gasteiger partial charge in [0, 0.05) is 33.4 Å². The third-order valence-electron chi connectivity index (χ3n) is 3.29. The maximum atomic E-state index is 5.68. The molecule has 0 heterocycles. The summed E-state index contributed by atoms with van der Waals surface area (Å²) in [5, 5.41) is 6.46. The van der Waals surface area contributed by atoms with Gasteiger partial charge in [-0.2, -0.15) is 0 Å². The Bertz CT molecular complexity index is 416. The first-order valence-electron chi connectivity index (χ1n) is 8.49. The molecule has 138 valence electrons. The predicted octanol–water partition coefficient (Wildman–Crippen LogP) is 2.85. The molecular formula is C18H32IN3O2. The number of guanidine groups is 1. The van der Waals surface area contributed by atoms with Gasteiger partial charge in [0.1, 0.15) is 0 Å². The molecule has 0 aliphatic carbocycles. The Balaban J connectivity index is 0.00000529. The van der Waals surface area contributed by atoms with Crippen molar-refractivity contribution in [2.24, 2.45) is 4.99 Å². The zero-order valence-electron chi connectivity index (χ0n) is 14.9. The number of rotatable bonds is 12. The molecule has 0 unspecified atom stereocenters. The molecule has 0 radical (unpaired) electrons. The van der Waals surface area contributed by atoms with E-state index < -0.39 is 0 Å². The van der Waals surface area contributed by atoms with Crippen LogP contribution in [0.15, 0.2) is 35.3 Å². The number of nitrogens with one attached hydrogen (secondary N) is 2. The first-order valence-corrected chi connectivity index (χ1v) is 8.49. The fraction of sp³-hybridized carbons (Fsp3) is 0.611. The molecule has 0 saturated heterocycles. The second-order valence-corrected chi connectivity index (χ2v) is 5.24. The Kier molecular flexibility index (Phi) is 16.4. The van der Waals surface area contributed by atoms with E-state index in [0.717, 1.165) is 58.1 Å². The normalized spacial score (nSPS) is 11.0. The summed E-state index contributed by atoms with van der Waals surface area (Å²) in [6.45, 7) is 6.77. The number of benzene rings is 1. The smallest absolute Gasteiger partial charge is 0.191 e. The second-order valence-electron chi connectivity index (χ2n) is 5.24. The van der Waals surface area contributed by atoms with Gasteiger partial charge in [0.15, 0.2) is 5.96 Å². The number of halogens is 1. The van der Waals surface area contributed by atoms with Gasteiger partial charge >= 0.3 is 0 Å². The Labute approximate surface area is 163 Å². The molecule has 0 aliphatic heterocycles. The van der Waals surface area contributed by atoms with Crippen molar-refractivity contribution < 1.29 is 9.47 Å². The van der Waals surface area contributed by atoms with E-state index in [2.05, 4.69) is 46.8 Å². The second kappa shape index (κ2) is 17.0. The summed E-state index contributed by atoms with van der Waals surface area (Å²) in [6.07, 6.45) is 3.05. The van der Waals surface area contributed by atoms with Gasteiger partial charge in [0.05, 0.1) is 13.2 Å². The third-order valence-corrected chi connectivity index (χ3v) is 3.29. The first kappa shape index (κ1) is 23.1. The van der Waals surface area contributed by atoms with Crippen molar-refractivity contribution in [2.45, 2.75) is 26.2 Å². The summed E-state index contributed by atoms with van der Waals surface area (Å²) in [6, 6.07) is 10.4. The van der Waals surface area contributed by atoms with E-state index in [1.54, 1.807) is 7.11 Å². The number of hydrogen-bond acceptors (Lipinski definition) is 3. The summed E-state index contributed by atoms with van der Waals surface area (Å²) >= 11 is 0. The maximum Gasteiger partial charge on any atom is 0.191 e. The summed E-state index contributed by atoms with van der Waals surface area (Å²) in [5.74, 6) is 0.856. The molecule has 0 aromatic heterocycles. The van der Waals surface area contributed by atoms with Crippen molar-refractivity contribution >= 4 is 29.9 Å². The lowest BCUT2D eigenvalue weighted by molar-refractivity contribution is 0.134. The zero-order chi connectivity index (χ0) is 16.6. The van der Waals surface area contributed by atoms with E-state index in [-0.39, 0.29) is 24.0 Å². The number of ether oxygens (including phenoxy) is 2. The molecule has 0 bridgehead atoms. The average molecular weight is 449 g/mol. The Hall–Kier alpha value is -0.860. The number of hydrogen-bond donors (Lipinski definition) is 2. The minimum absolute atomic E-state index is 0. The highest BCUT2D eigenvalue weighted by molar-refractivity contribution is 14.0. The SMILES string of the molecule is CCNC(=NCCCCOCCc1ccccc1)NCCOC.I. The molecule has 0 saturated carbocycles. The van der Waals surface area contributed by atoms with Gasteiger partial charge in [-0.15, -0.1) is 24.0 Å². The van der Waals surface area contributed by atoms with Gasteiger partial charge in [-0.3, -0.25) is 4.99 Å². The van der Waals surface area contributed by atoms with E-state index in [1.165, 1.54) is 5.56 Å². The quantitative estimate of drug-likeness (QED) is 0.223. The van der Waals surface area contributed by atoms with Gasteiger partial charge in [0.25, 0.3) is 0 Å². The number of methoxy groups -OCH3 is 1. The van der Waals surface area contributed by atoms with Gasteiger partial charge in [-0.1, -0.05) is 30.3 Å². The first-order chi connectivity index (χ1) is 11.4. The van der Waals surface area contributed by atoms with E-state index in [0.29, 0.717) is 6.61 Å². The number of unbranched alkanes of at least 4 members (excludes halogenated alkanes) is 1. The van der Waals surface area contributed by atoms with E-state index >= 15 is 0 Å². The minimum atomic E-state index is 0. The molecule has 0 aliphatic rings. The Morgan fingerprint density at radius 1 is 1.04 bits per heavy atom. The van der Waals surface area contributed by atoms with Crippen LogP contribution in [0.4, 0.5) is 0 Å². The highest BCUT2D eigenvalue weighted by atomic mass is 127. The maximum absolute atomic E-state index is 5.68. The van der Waals surface area contributed by atoms with Crippen LogP contribution in [0, 0.1) is 0 Å². The van der Waals surface area contributed by atoms with Gasteiger partial charge < -0.3 is 20.1 Å². The van der Waals surface area contributed by atoms with Crippen LogP contribution in [0.3, 0.4) is 0 Å². The third kappa shape index (κ3) is 12.5.